The standard InChI is InChI=1S/C13H14ClN3O/c1-2-8-15-13-16-9-7-12(17-13)18-11-5-3-10(14)4-6-11/h3-7,9H,2,8H2,1H3,(H,15,16,17). The van der Waals surface area contributed by atoms with Gasteiger partial charge in [0.05, 0.1) is 0 Å². The van der Waals surface area contributed by atoms with Crippen LogP contribution in [-0.4, -0.2) is 16.5 Å². The van der Waals surface area contributed by atoms with Crippen LogP contribution in [0.3, 0.4) is 0 Å². The predicted octanol–water partition coefficient (Wildman–Crippen LogP) is 3.74. The average Bonchev–Trinajstić information content (AvgIpc) is 2.40. The highest BCUT2D eigenvalue weighted by atomic mass is 35.5. The zero-order chi connectivity index (χ0) is 12.8. The minimum Gasteiger partial charge on any atom is -0.439 e. The third-order valence-corrected chi connectivity index (χ3v) is 2.45. The highest BCUT2D eigenvalue weighted by Crippen LogP contribution is 2.21. The quantitative estimate of drug-likeness (QED) is 0.893. The summed E-state index contributed by atoms with van der Waals surface area (Å²) in [5, 5.41) is 3.78. The van der Waals surface area contributed by atoms with Gasteiger partial charge in [-0.25, -0.2) is 4.98 Å². The molecule has 0 bridgehead atoms. The average molecular weight is 264 g/mol. The van der Waals surface area contributed by atoms with Crippen molar-refractivity contribution in [3.05, 3.63) is 41.6 Å². The van der Waals surface area contributed by atoms with E-state index in [0.29, 0.717) is 22.6 Å². The summed E-state index contributed by atoms with van der Waals surface area (Å²) in [5.41, 5.74) is 0. The van der Waals surface area contributed by atoms with Crippen LogP contribution in [0.5, 0.6) is 11.6 Å². The summed E-state index contributed by atoms with van der Waals surface area (Å²) in [6.45, 7) is 2.92. The van der Waals surface area contributed by atoms with Crippen molar-refractivity contribution in [3.63, 3.8) is 0 Å². The first-order valence-electron chi connectivity index (χ1n) is 5.78. The molecule has 0 spiro atoms. The van der Waals surface area contributed by atoms with Gasteiger partial charge in [0.15, 0.2) is 0 Å². The lowest BCUT2D eigenvalue weighted by Crippen LogP contribution is -2.04. The van der Waals surface area contributed by atoms with Crippen molar-refractivity contribution in [2.75, 3.05) is 11.9 Å². The van der Waals surface area contributed by atoms with E-state index in [1.54, 1.807) is 36.5 Å². The highest BCUT2D eigenvalue weighted by molar-refractivity contribution is 6.30. The number of nitrogens with one attached hydrogen (secondary N) is 1. The fourth-order valence-corrected chi connectivity index (χ4v) is 1.47. The number of nitrogens with zero attached hydrogens (tertiary/aromatic N) is 2. The number of halogens is 1. The molecule has 0 amide bonds. The molecule has 0 aliphatic rings. The molecule has 94 valence electrons. The van der Waals surface area contributed by atoms with E-state index in [2.05, 4.69) is 22.2 Å². The smallest absolute Gasteiger partial charge is 0.225 e. The molecule has 1 N–H and O–H groups in total. The fourth-order valence-electron chi connectivity index (χ4n) is 1.34. The van der Waals surface area contributed by atoms with Gasteiger partial charge in [-0.15, -0.1) is 0 Å². The van der Waals surface area contributed by atoms with Crippen molar-refractivity contribution in [1.29, 1.82) is 0 Å². The molecule has 2 rings (SSSR count). The lowest BCUT2D eigenvalue weighted by Gasteiger charge is -2.06. The van der Waals surface area contributed by atoms with Crippen LogP contribution < -0.4 is 10.1 Å². The molecule has 2 aromatic rings. The molecule has 1 heterocycles. The molecule has 5 heteroatoms. The van der Waals surface area contributed by atoms with Crippen molar-refractivity contribution in [2.24, 2.45) is 0 Å². The van der Waals surface area contributed by atoms with Gasteiger partial charge in [-0.05, 0) is 30.7 Å². The van der Waals surface area contributed by atoms with E-state index in [1.807, 2.05) is 0 Å². The number of hydrogen-bond donors (Lipinski definition) is 1. The van der Waals surface area contributed by atoms with Gasteiger partial charge in [-0.1, -0.05) is 18.5 Å². The molecule has 18 heavy (non-hydrogen) atoms. The molecule has 0 aliphatic heterocycles. The number of aromatic nitrogens is 2. The van der Waals surface area contributed by atoms with E-state index in [1.165, 1.54) is 0 Å². The molecule has 1 aromatic heterocycles. The summed E-state index contributed by atoms with van der Waals surface area (Å²) in [6.07, 6.45) is 2.68. The Hall–Kier alpha value is -1.81. The van der Waals surface area contributed by atoms with Crippen LogP contribution in [-0.2, 0) is 0 Å². The SMILES string of the molecule is CCCNc1nccc(Oc2ccc(Cl)cc2)n1. The van der Waals surface area contributed by atoms with Crippen LogP contribution >= 0.6 is 11.6 Å². The van der Waals surface area contributed by atoms with Gasteiger partial charge in [0.25, 0.3) is 0 Å². The third-order valence-electron chi connectivity index (χ3n) is 2.20. The van der Waals surface area contributed by atoms with E-state index < -0.39 is 0 Å². The second-order valence-corrected chi connectivity index (χ2v) is 4.14. The van der Waals surface area contributed by atoms with Crippen LogP contribution in [0.15, 0.2) is 36.5 Å². The van der Waals surface area contributed by atoms with Gasteiger partial charge in [-0.2, -0.15) is 4.98 Å². The molecule has 0 aliphatic carbocycles. The minimum absolute atomic E-state index is 0.505. The largest absolute Gasteiger partial charge is 0.439 e. The van der Waals surface area contributed by atoms with Gasteiger partial charge in [0.1, 0.15) is 5.75 Å². The van der Waals surface area contributed by atoms with Gasteiger partial charge in [0.2, 0.25) is 11.8 Å². The Balaban J connectivity index is 2.06. The summed E-state index contributed by atoms with van der Waals surface area (Å²) < 4.78 is 5.60. The maximum absolute atomic E-state index is 5.81. The zero-order valence-electron chi connectivity index (χ0n) is 10.1. The van der Waals surface area contributed by atoms with E-state index in [0.717, 1.165) is 13.0 Å². The second kappa shape index (κ2) is 6.21. The monoisotopic (exact) mass is 263 g/mol. The first kappa shape index (κ1) is 12.6. The molecule has 0 atom stereocenters. The number of rotatable bonds is 5. The Labute approximate surface area is 111 Å². The number of ether oxygens (including phenoxy) is 1. The molecule has 4 nitrogen and oxygen atoms in total. The van der Waals surface area contributed by atoms with Gasteiger partial charge in [-0.3, -0.25) is 0 Å². The summed E-state index contributed by atoms with van der Waals surface area (Å²) in [7, 11) is 0. The molecule has 0 saturated carbocycles. The number of anilines is 1. The van der Waals surface area contributed by atoms with Gasteiger partial charge in [0, 0.05) is 23.8 Å². The number of benzene rings is 1. The zero-order valence-corrected chi connectivity index (χ0v) is 10.8. The second-order valence-electron chi connectivity index (χ2n) is 3.70. The van der Waals surface area contributed by atoms with Crippen LogP contribution in [0.2, 0.25) is 5.02 Å². The fraction of sp³-hybridized carbons (Fsp3) is 0.231. The first-order chi connectivity index (χ1) is 8.78. The van der Waals surface area contributed by atoms with E-state index in [-0.39, 0.29) is 0 Å². The van der Waals surface area contributed by atoms with Crippen molar-refractivity contribution >= 4 is 17.5 Å². The summed E-state index contributed by atoms with van der Waals surface area (Å²) in [6, 6.07) is 8.85. The van der Waals surface area contributed by atoms with Crippen molar-refractivity contribution in [2.45, 2.75) is 13.3 Å². The topological polar surface area (TPSA) is 47.0 Å². The van der Waals surface area contributed by atoms with E-state index in [9.17, 15) is 0 Å². The highest BCUT2D eigenvalue weighted by Gasteiger charge is 2.01. The maximum atomic E-state index is 5.81. The summed E-state index contributed by atoms with van der Waals surface area (Å²) >= 11 is 5.81. The van der Waals surface area contributed by atoms with Crippen molar-refractivity contribution in [1.82, 2.24) is 9.97 Å². The Bertz CT molecular complexity index is 502. The van der Waals surface area contributed by atoms with Crippen LogP contribution in [0.4, 0.5) is 5.95 Å². The molecule has 0 radical (unpaired) electrons. The Morgan fingerprint density at radius 2 is 2.00 bits per heavy atom. The molecular formula is C13H14ClN3O. The van der Waals surface area contributed by atoms with Crippen molar-refractivity contribution in [3.8, 4) is 11.6 Å². The van der Waals surface area contributed by atoms with E-state index >= 15 is 0 Å². The Morgan fingerprint density at radius 3 is 2.72 bits per heavy atom. The van der Waals surface area contributed by atoms with Crippen LogP contribution in [0.25, 0.3) is 0 Å². The lowest BCUT2D eigenvalue weighted by molar-refractivity contribution is 0.462. The molecule has 1 aromatic carbocycles. The van der Waals surface area contributed by atoms with Gasteiger partial charge >= 0.3 is 0 Å². The van der Waals surface area contributed by atoms with Crippen LogP contribution in [0.1, 0.15) is 13.3 Å². The molecular weight excluding hydrogens is 250 g/mol. The molecule has 0 unspecified atom stereocenters. The van der Waals surface area contributed by atoms with Crippen molar-refractivity contribution < 1.29 is 4.74 Å². The van der Waals surface area contributed by atoms with Gasteiger partial charge < -0.3 is 10.1 Å². The normalized spacial score (nSPS) is 10.1. The lowest BCUT2D eigenvalue weighted by atomic mass is 10.3. The summed E-state index contributed by atoms with van der Waals surface area (Å²) in [4.78, 5) is 8.36. The van der Waals surface area contributed by atoms with E-state index in [4.69, 9.17) is 16.3 Å². The predicted molar refractivity (Wildman–Crippen MR) is 72.3 cm³/mol. The Morgan fingerprint density at radius 1 is 1.22 bits per heavy atom. The third kappa shape index (κ3) is 3.60. The summed E-state index contributed by atoms with van der Waals surface area (Å²) in [5.74, 6) is 1.77. The Kier molecular flexibility index (Phi) is 4.36. The van der Waals surface area contributed by atoms with Crippen LogP contribution in [0, 0.1) is 0 Å². The molecule has 0 fully saturated rings. The number of hydrogen-bond acceptors (Lipinski definition) is 4. The first-order valence-corrected chi connectivity index (χ1v) is 6.16. The minimum atomic E-state index is 0.505. The maximum Gasteiger partial charge on any atom is 0.225 e. The molecule has 0 saturated heterocycles.